The minimum atomic E-state index is -0.989. The average molecular weight is 437 g/mol. The largest absolute Gasteiger partial charge is 0.478 e. The Morgan fingerprint density at radius 3 is 2.34 bits per heavy atom. The van der Waals surface area contributed by atoms with Crippen LogP contribution in [0, 0.1) is 5.92 Å². The smallest absolute Gasteiger partial charge is 0.336 e. The molecule has 2 aromatic carbocycles. The molecule has 0 unspecified atom stereocenters. The summed E-state index contributed by atoms with van der Waals surface area (Å²) in [4.78, 5) is 11.8. The first-order valence-electron chi connectivity index (χ1n) is 12.4. The average Bonchev–Trinajstić information content (AvgIpc) is 2.82. The van der Waals surface area contributed by atoms with E-state index in [1.54, 1.807) is 18.2 Å². The number of halogens is 1. The van der Waals surface area contributed by atoms with E-state index in [-0.39, 0.29) is 11.4 Å². The highest BCUT2D eigenvalue weighted by molar-refractivity contribution is 5.96. The highest BCUT2D eigenvalue weighted by Gasteiger charge is 2.22. The molecule has 3 rings (SSSR count). The fourth-order valence-corrected chi connectivity index (χ4v) is 4.99. The topological polar surface area (TPSA) is 37.3 Å². The number of rotatable bonds is 10. The van der Waals surface area contributed by atoms with Gasteiger partial charge in [-0.15, -0.1) is 0 Å². The summed E-state index contributed by atoms with van der Waals surface area (Å²) in [5.41, 5.74) is 3.38. The molecule has 32 heavy (non-hydrogen) atoms. The van der Waals surface area contributed by atoms with Crippen molar-refractivity contribution < 1.29 is 14.3 Å². The molecular weight excluding hydrogens is 399 g/mol. The third kappa shape index (κ3) is 6.31. The molecule has 0 aromatic heterocycles. The molecule has 1 fully saturated rings. The van der Waals surface area contributed by atoms with Gasteiger partial charge in [0.2, 0.25) is 0 Å². The van der Waals surface area contributed by atoms with E-state index < -0.39 is 5.97 Å². The fraction of sp³-hybridized carbons (Fsp3) is 0.483. The second kappa shape index (κ2) is 12.0. The number of carboxylic acid groups (broad SMARTS) is 1. The van der Waals surface area contributed by atoms with Crippen LogP contribution in [-0.2, 0) is 0 Å². The van der Waals surface area contributed by atoms with Gasteiger partial charge in [0.15, 0.2) is 0 Å². The summed E-state index contributed by atoms with van der Waals surface area (Å²) in [6.45, 7) is 4.39. The highest BCUT2D eigenvalue weighted by Crippen LogP contribution is 2.38. The van der Waals surface area contributed by atoms with Crippen molar-refractivity contribution in [1.29, 1.82) is 0 Å². The van der Waals surface area contributed by atoms with E-state index in [0.29, 0.717) is 23.5 Å². The van der Waals surface area contributed by atoms with Crippen LogP contribution >= 0.6 is 0 Å². The molecule has 172 valence electrons. The lowest BCUT2D eigenvalue weighted by Crippen LogP contribution is -2.13. The Morgan fingerprint density at radius 2 is 1.72 bits per heavy atom. The zero-order valence-electron chi connectivity index (χ0n) is 19.6. The van der Waals surface area contributed by atoms with Crippen molar-refractivity contribution in [2.45, 2.75) is 84.0 Å². The van der Waals surface area contributed by atoms with Crippen LogP contribution in [0.25, 0.3) is 17.0 Å². The normalized spacial score (nSPS) is 19.2. The van der Waals surface area contributed by atoms with Gasteiger partial charge in [0.1, 0.15) is 5.83 Å². The number of allylic oxidation sites excluding steroid dienone is 1. The van der Waals surface area contributed by atoms with Crippen molar-refractivity contribution in [3.8, 4) is 11.1 Å². The lowest BCUT2D eigenvalue weighted by Gasteiger charge is -2.28. The second-order valence-corrected chi connectivity index (χ2v) is 9.24. The summed E-state index contributed by atoms with van der Waals surface area (Å²) in [6, 6.07) is 13.0. The van der Waals surface area contributed by atoms with Gasteiger partial charge in [0.05, 0.1) is 5.56 Å². The van der Waals surface area contributed by atoms with Gasteiger partial charge in [0, 0.05) is 5.56 Å². The Kier molecular flexibility index (Phi) is 9.08. The van der Waals surface area contributed by atoms with Crippen LogP contribution in [0.2, 0.25) is 0 Å². The maximum absolute atomic E-state index is 14.7. The van der Waals surface area contributed by atoms with E-state index >= 15 is 0 Å². The molecule has 1 saturated carbocycles. The number of unbranched alkanes of at least 4 members (excludes halogenated alkanes) is 3. The van der Waals surface area contributed by atoms with Crippen LogP contribution in [0.4, 0.5) is 4.39 Å². The van der Waals surface area contributed by atoms with E-state index in [1.807, 2.05) is 12.1 Å². The van der Waals surface area contributed by atoms with Crippen LogP contribution in [0.1, 0.15) is 105 Å². The second-order valence-electron chi connectivity index (χ2n) is 9.24. The van der Waals surface area contributed by atoms with E-state index in [0.717, 1.165) is 30.7 Å². The molecule has 0 bridgehead atoms. The molecule has 1 aliphatic rings. The number of hydrogen-bond donors (Lipinski definition) is 1. The summed E-state index contributed by atoms with van der Waals surface area (Å²) in [7, 11) is 0. The molecular formula is C29H37FO2. The first-order chi connectivity index (χ1) is 15.5. The van der Waals surface area contributed by atoms with Gasteiger partial charge >= 0.3 is 5.97 Å². The van der Waals surface area contributed by atoms with Crippen LogP contribution < -0.4 is 0 Å². The Bertz CT molecular complexity index is 905. The molecule has 0 atom stereocenters. The van der Waals surface area contributed by atoms with Crippen LogP contribution in [0.3, 0.4) is 0 Å². The fourth-order valence-electron chi connectivity index (χ4n) is 4.99. The summed E-state index contributed by atoms with van der Waals surface area (Å²) < 4.78 is 14.7. The Morgan fingerprint density at radius 1 is 1.00 bits per heavy atom. The third-order valence-electron chi connectivity index (χ3n) is 6.89. The summed E-state index contributed by atoms with van der Waals surface area (Å²) >= 11 is 0. The molecule has 0 aliphatic heterocycles. The lowest BCUT2D eigenvalue weighted by molar-refractivity contribution is 0.0697. The van der Waals surface area contributed by atoms with Crippen molar-refractivity contribution in [3.63, 3.8) is 0 Å². The Hall–Kier alpha value is -2.42. The molecule has 0 amide bonds. The molecule has 1 N–H and O–H groups in total. The van der Waals surface area contributed by atoms with E-state index in [4.69, 9.17) is 0 Å². The molecule has 2 nitrogen and oxygen atoms in total. The van der Waals surface area contributed by atoms with Gasteiger partial charge in [-0.2, -0.15) is 0 Å². The summed E-state index contributed by atoms with van der Waals surface area (Å²) in [5, 5.41) is 9.68. The van der Waals surface area contributed by atoms with Crippen LogP contribution in [-0.4, -0.2) is 11.1 Å². The minimum Gasteiger partial charge on any atom is -0.478 e. The zero-order chi connectivity index (χ0) is 22.9. The number of hydrogen-bond acceptors (Lipinski definition) is 1. The van der Waals surface area contributed by atoms with Crippen molar-refractivity contribution in [2.75, 3.05) is 0 Å². The number of carboxylic acids is 1. The first-order valence-corrected chi connectivity index (χ1v) is 12.4. The standard InChI is InChI=1S/C29H37FO2/c1-3-5-6-7-9-28(30)25-18-19-26(29(31)32)27(20-25)24-16-14-23(15-17-24)22-12-10-21(8-4-2)11-13-22/h9,14-22H,3-8,10-13H2,1-2H3,(H,31,32). The van der Waals surface area contributed by atoms with Crippen molar-refractivity contribution in [1.82, 2.24) is 0 Å². The van der Waals surface area contributed by atoms with Gasteiger partial charge in [-0.05, 0) is 85.3 Å². The van der Waals surface area contributed by atoms with E-state index in [1.165, 1.54) is 50.2 Å². The van der Waals surface area contributed by atoms with Crippen LogP contribution in [0.5, 0.6) is 0 Å². The molecule has 0 heterocycles. The number of benzene rings is 2. The first kappa shape index (κ1) is 24.2. The van der Waals surface area contributed by atoms with Gasteiger partial charge in [-0.3, -0.25) is 0 Å². The summed E-state index contributed by atoms with van der Waals surface area (Å²) in [5.74, 6) is 0.198. The predicted molar refractivity (Wildman–Crippen MR) is 132 cm³/mol. The number of carbonyl (C=O) groups is 1. The van der Waals surface area contributed by atoms with Gasteiger partial charge in [0.25, 0.3) is 0 Å². The van der Waals surface area contributed by atoms with Crippen molar-refractivity contribution in [3.05, 3.63) is 65.2 Å². The van der Waals surface area contributed by atoms with E-state index in [2.05, 4.69) is 26.0 Å². The minimum absolute atomic E-state index is 0.209. The van der Waals surface area contributed by atoms with Crippen molar-refractivity contribution >= 4 is 11.8 Å². The zero-order valence-corrected chi connectivity index (χ0v) is 19.6. The lowest BCUT2D eigenvalue weighted by atomic mass is 9.77. The molecule has 3 heteroatoms. The molecule has 2 aromatic rings. The third-order valence-corrected chi connectivity index (χ3v) is 6.89. The monoisotopic (exact) mass is 436 g/mol. The van der Waals surface area contributed by atoms with Gasteiger partial charge in [-0.25, -0.2) is 9.18 Å². The SMILES string of the molecule is CCCCCC=C(F)c1ccc(C(=O)O)c(-c2ccc(C3CCC(CCC)CC3)cc2)c1. The van der Waals surface area contributed by atoms with Crippen molar-refractivity contribution in [2.24, 2.45) is 5.92 Å². The van der Waals surface area contributed by atoms with Gasteiger partial charge in [-0.1, -0.05) is 69.9 Å². The van der Waals surface area contributed by atoms with Crippen LogP contribution in [0.15, 0.2) is 48.5 Å². The Balaban J connectivity index is 1.79. The molecule has 0 spiro atoms. The maximum Gasteiger partial charge on any atom is 0.336 e. The molecule has 0 saturated heterocycles. The predicted octanol–water partition coefficient (Wildman–Crippen LogP) is 9.02. The molecule has 0 radical (unpaired) electrons. The Labute approximate surface area is 192 Å². The quantitative estimate of drug-likeness (QED) is 0.377. The maximum atomic E-state index is 14.7. The summed E-state index contributed by atoms with van der Waals surface area (Å²) in [6.07, 6.45) is 13.1. The van der Waals surface area contributed by atoms with E-state index in [9.17, 15) is 14.3 Å². The highest BCUT2D eigenvalue weighted by atomic mass is 19.1. The molecule has 1 aliphatic carbocycles. The number of aromatic carboxylic acids is 1. The van der Waals surface area contributed by atoms with Gasteiger partial charge < -0.3 is 5.11 Å².